The van der Waals surface area contributed by atoms with Crippen molar-refractivity contribution in [3.63, 3.8) is 0 Å². The van der Waals surface area contributed by atoms with Gasteiger partial charge in [-0.2, -0.15) is 0 Å². The van der Waals surface area contributed by atoms with E-state index in [4.69, 9.17) is 28.4 Å². The smallest absolute Gasteiger partial charge is 0.311 e. The maximum absolute atomic E-state index is 15.1. The standard InChI is InChI=1S/C56H87NO11/c1-19-20-44-56(16,62)49(47-32(6)23-29(3)24-33(47)7)37(11)50(60)34(8)25-35(9)51(68-55-53(65-41(15)58)42(57(17)18)26-36(10)63-55)38(12)52(39(13)54(61)66-44)67-45-27-43(59)48(40(14)64-45)46-30(4)21-28(2)22-31(46)5/h21-24,34-40,42-45,48-49,51-53,55,59,62H,19-20,25-27H2,1-18H3/t34-,35+,36-,37-,38-,39-,40?,42?,43?,44-,45+,48?,49+,51+,52+,53?,55+,56-/m1/s1. The van der Waals surface area contributed by atoms with Crippen LogP contribution in [-0.2, 0) is 42.8 Å². The molecule has 0 aliphatic carbocycles. The first kappa shape index (κ1) is 55.7. The highest BCUT2D eigenvalue weighted by atomic mass is 16.7. The minimum atomic E-state index is -1.66. The van der Waals surface area contributed by atoms with Gasteiger partial charge in [-0.1, -0.05) is 76.4 Å². The first-order chi connectivity index (χ1) is 31.7. The number of likely N-dealkylation sites (N-methyl/N-ethyl adjacent to an activating group) is 1. The van der Waals surface area contributed by atoms with Crippen LogP contribution in [0.1, 0.15) is 158 Å². The Bertz CT molecular complexity index is 2010. The molecule has 3 aliphatic heterocycles. The molecule has 0 spiro atoms. The second kappa shape index (κ2) is 22.9. The SMILES string of the molecule is CCC[C@H]1OC(=O)[C@H](C)[C@@H](O[C@H]2CC(O)C(c3c(C)cc(C)cc3C)C(C)O2)[C@H](C)[C@@H](O[C@@H]2O[C@H](C)CC(N(C)C)C2OC(C)=O)[C@@H](C)C[C@@H](C)C(=O)[C@H](C)[C@@H](c2c(C)cc(C)cc2C)[C@]1(C)O. The molecule has 18 atom stereocenters. The minimum Gasteiger partial charge on any atom is -0.459 e. The average molecular weight is 950 g/mol. The summed E-state index contributed by atoms with van der Waals surface area (Å²) in [6, 6.07) is 8.19. The van der Waals surface area contributed by atoms with Crippen LogP contribution in [0.2, 0.25) is 0 Å². The third kappa shape index (κ3) is 12.3. The summed E-state index contributed by atoms with van der Waals surface area (Å²) in [6.07, 6.45) is -4.73. The molecule has 3 aliphatic rings. The number of nitrogens with zero attached hydrogens (tertiary/aromatic N) is 1. The summed E-state index contributed by atoms with van der Waals surface area (Å²) in [6.45, 7) is 30.9. The van der Waals surface area contributed by atoms with E-state index in [9.17, 15) is 15.0 Å². The second-order valence-electron chi connectivity index (χ2n) is 22.0. The lowest BCUT2D eigenvalue weighted by Gasteiger charge is -2.47. The van der Waals surface area contributed by atoms with E-state index in [1.165, 1.54) is 6.92 Å². The minimum absolute atomic E-state index is 0.0205. The molecule has 12 heteroatoms. The summed E-state index contributed by atoms with van der Waals surface area (Å²) in [7, 11) is 3.88. The number of benzene rings is 2. The summed E-state index contributed by atoms with van der Waals surface area (Å²) in [5, 5.41) is 25.1. The van der Waals surface area contributed by atoms with E-state index in [1.54, 1.807) is 13.8 Å². The molecule has 3 fully saturated rings. The molecular formula is C56H87NO11. The van der Waals surface area contributed by atoms with Crippen molar-refractivity contribution in [2.45, 2.75) is 222 Å². The molecule has 382 valence electrons. The summed E-state index contributed by atoms with van der Waals surface area (Å²) in [4.78, 5) is 44.9. The summed E-state index contributed by atoms with van der Waals surface area (Å²) in [5.74, 6) is -5.09. The highest BCUT2D eigenvalue weighted by Crippen LogP contribution is 2.46. The predicted molar refractivity (Wildman–Crippen MR) is 264 cm³/mol. The van der Waals surface area contributed by atoms with E-state index in [0.717, 1.165) is 44.5 Å². The number of rotatable bonds is 10. The normalized spacial score (nSPS) is 37.9. The quantitative estimate of drug-likeness (QED) is 0.219. The number of carbonyl (C=O) groups excluding carboxylic acids is 3. The van der Waals surface area contributed by atoms with Crippen molar-refractivity contribution in [1.82, 2.24) is 4.90 Å². The lowest BCUT2D eigenvalue weighted by Crippen LogP contribution is -2.58. The van der Waals surface area contributed by atoms with Gasteiger partial charge in [-0.15, -0.1) is 0 Å². The number of esters is 2. The number of ether oxygens (including phenoxy) is 6. The zero-order chi connectivity index (χ0) is 50.8. The van der Waals surface area contributed by atoms with Crippen LogP contribution < -0.4 is 0 Å². The van der Waals surface area contributed by atoms with Gasteiger partial charge in [0.25, 0.3) is 0 Å². The molecule has 2 aromatic rings. The van der Waals surface area contributed by atoms with Gasteiger partial charge in [-0.25, -0.2) is 0 Å². The van der Waals surface area contributed by atoms with Crippen molar-refractivity contribution >= 4 is 17.7 Å². The first-order valence-corrected chi connectivity index (χ1v) is 25.4. The lowest BCUT2D eigenvalue weighted by atomic mass is 9.66. The Morgan fingerprint density at radius 2 is 1.34 bits per heavy atom. The molecule has 0 amide bonds. The molecule has 0 bridgehead atoms. The topological polar surface area (TPSA) is 150 Å². The van der Waals surface area contributed by atoms with Gasteiger partial charge in [-0.3, -0.25) is 14.4 Å². The van der Waals surface area contributed by atoms with E-state index in [1.807, 2.05) is 88.2 Å². The Morgan fingerprint density at radius 1 is 0.779 bits per heavy atom. The number of hydrogen-bond donors (Lipinski definition) is 2. The lowest BCUT2D eigenvalue weighted by molar-refractivity contribution is -0.296. The third-order valence-electron chi connectivity index (χ3n) is 15.7. The molecule has 2 aromatic carbocycles. The van der Waals surface area contributed by atoms with Crippen LogP contribution >= 0.6 is 0 Å². The van der Waals surface area contributed by atoms with E-state index in [2.05, 4.69) is 45.0 Å². The number of cyclic esters (lactones) is 1. The zero-order valence-electron chi connectivity index (χ0n) is 44.7. The van der Waals surface area contributed by atoms with Crippen LogP contribution in [0.3, 0.4) is 0 Å². The van der Waals surface area contributed by atoms with Crippen LogP contribution in [0.15, 0.2) is 24.3 Å². The van der Waals surface area contributed by atoms with Crippen LogP contribution in [0.25, 0.3) is 0 Å². The first-order valence-electron chi connectivity index (χ1n) is 25.4. The summed E-state index contributed by atoms with van der Waals surface area (Å²) >= 11 is 0. The maximum Gasteiger partial charge on any atom is 0.311 e. The van der Waals surface area contributed by atoms with Crippen LogP contribution in [0.4, 0.5) is 0 Å². The monoisotopic (exact) mass is 950 g/mol. The van der Waals surface area contributed by atoms with E-state index >= 15 is 9.59 Å². The molecule has 3 saturated heterocycles. The van der Waals surface area contributed by atoms with Gasteiger partial charge in [0.1, 0.15) is 17.5 Å². The maximum atomic E-state index is 15.1. The van der Waals surface area contributed by atoms with E-state index < -0.39 is 96.3 Å². The van der Waals surface area contributed by atoms with Gasteiger partial charge >= 0.3 is 11.9 Å². The summed E-state index contributed by atoms with van der Waals surface area (Å²) < 4.78 is 40.1. The largest absolute Gasteiger partial charge is 0.459 e. The number of aryl methyl sites for hydroxylation is 6. The van der Waals surface area contributed by atoms with Gasteiger partial charge in [0, 0.05) is 42.9 Å². The number of hydrogen-bond acceptors (Lipinski definition) is 12. The number of ketones is 1. The third-order valence-corrected chi connectivity index (χ3v) is 15.7. The second-order valence-corrected chi connectivity index (χ2v) is 22.0. The molecule has 5 rings (SSSR count). The molecule has 0 saturated carbocycles. The van der Waals surface area contributed by atoms with Crippen LogP contribution in [0, 0.1) is 71.1 Å². The van der Waals surface area contributed by atoms with Crippen molar-refractivity contribution in [2.75, 3.05) is 14.1 Å². The Hall–Kier alpha value is -3.23. The molecule has 3 heterocycles. The molecular weight excluding hydrogens is 863 g/mol. The molecule has 0 radical (unpaired) electrons. The number of aliphatic hydroxyl groups is 2. The van der Waals surface area contributed by atoms with E-state index in [-0.39, 0.29) is 36.2 Å². The number of aliphatic hydroxyl groups excluding tert-OH is 1. The van der Waals surface area contributed by atoms with Crippen LogP contribution in [0.5, 0.6) is 0 Å². The van der Waals surface area contributed by atoms with Crippen molar-refractivity contribution in [3.8, 4) is 0 Å². The molecule has 2 N–H and O–H groups in total. The van der Waals surface area contributed by atoms with Crippen molar-refractivity contribution in [1.29, 1.82) is 0 Å². The molecule has 5 unspecified atom stereocenters. The van der Waals surface area contributed by atoms with Crippen LogP contribution in [-0.4, -0.2) is 114 Å². The number of Topliss-reactive ketones (excluding diaryl/α,β-unsaturated/α-hetero) is 1. The van der Waals surface area contributed by atoms with E-state index in [0.29, 0.717) is 25.7 Å². The Kier molecular flexibility index (Phi) is 18.7. The molecule has 0 aromatic heterocycles. The fraction of sp³-hybridized carbons (Fsp3) is 0.732. The predicted octanol–water partition coefficient (Wildman–Crippen LogP) is 9.28. The van der Waals surface area contributed by atoms with Crippen molar-refractivity contribution < 1.29 is 53.0 Å². The van der Waals surface area contributed by atoms with Gasteiger partial charge < -0.3 is 43.5 Å². The molecule has 68 heavy (non-hydrogen) atoms. The Morgan fingerprint density at radius 3 is 1.85 bits per heavy atom. The van der Waals surface area contributed by atoms with Crippen molar-refractivity contribution in [2.24, 2.45) is 29.6 Å². The average Bonchev–Trinajstić information content (AvgIpc) is 3.22. The Balaban J connectivity index is 1.65. The highest BCUT2D eigenvalue weighted by molar-refractivity contribution is 5.84. The van der Waals surface area contributed by atoms with Gasteiger partial charge in [0.15, 0.2) is 18.7 Å². The van der Waals surface area contributed by atoms with Gasteiger partial charge in [-0.05, 0) is 142 Å². The number of carbonyl (C=O) groups is 3. The fourth-order valence-corrected chi connectivity index (χ4v) is 12.7. The van der Waals surface area contributed by atoms with Crippen molar-refractivity contribution in [3.05, 3.63) is 68.8 Å². The van der Waals surface area contributed by atoms with Gasteiger partial charge in [0.05, 0.1) is 42.5 Å². The molecule has 12 nitrogen and oxygen atoms in total. The Labute approximate surface area is 408 Å². The zero-order valence-corrected chi connectivity index (χ0v) is 44.7. The van der Waals surface area contributed by atoms with Gasteiger partial charge in [0.2, 0.25) is 0 Å². The fourth-order valence-electron chi connectivity index (χ4n) is 12.7. The highest BCUT2D eigenvalue weighted by Gasteiger charge is 2.52. The summed E-state index contributed by atoms with van der Waals surface area (Å²) in [5.41, 5.74) is 6.58.